The van der Waals surface area contributed by atoms with Gasteiger partial charge in [0.25, 0.3) is 5.91 Å². The van der Waals surface area contributed by atoms with Crippen molar-refractivity contribution < 1.29 is 9.53 Å². The first-order valence-electron chi connectivity index (χ1n) is 8.65. The molecule has 132 valence electrons. The topological polar surface area (TPSA) is 58.6 Å². The van der Waals surface area contributed by atoms with Crippen LogP contribution in [0.2, 0.25) is 0 Å². The molecule has 3 heterocycles. The van der Waals surface area contributed by atoms with E-state index in [4.69, 9.17) is 4.74 Å². The molecule has 0 aliphatic carbocycles. The molecular weight excluding hydrogens is 328 g/mol. The minimum atomic E-state index is -0.00787. The molecule has 1 saturated heterocycles. The van der Waals surface area contributed by atoms with Crippen molar-refractivity contribution in [3.63, 3.8) is 0 Å². The van der Waals surface area contributed by atoms with Crippen LogP contribution in [0.5, 0.6) is 5.75 Å². The molecule has 0 radical (unpaired) electrons. The largest absolute Gasteiger partial charge is 0.494 e. The van der Waals surface area contributed by atoms with E-state index in [2.05, 4.69) is 20.9 Å². The van der Waals surface area contributed by atoms with Gasteiger partial charge >= 0.3 is 0 Å². The SMILES string of the molecule is COc1cccc2c(N3CCN(C(=O)c4ccccn4)CC3)ccnc12. The second-order valence-corrected chi connectivity index (χ2v) is 6.18. The molecule has 6 heteroatoms. The molecule has 1 aliphatic heterocycles. The van der Waals surface area contributed by atoms with Crippen LogP contribution in [0.15, 0.2) is 54.9 Å². The molecule has 1 amide bonds. The Kier molecular flexibility index (Phi) is 4.39. The highest BCUT2D eigenvalue weighted by Gasteiger charge is 2.24. The number of anilines is 1. The third-order valence-electron chi connectivity index (χ3n) is 4.72. The number of hydrogen-bond acceptors (Lipinski definition) is 5. The third-order valence-corrected chi connectivity index (χ3v) is 4.72. The minimum Gasteiger partial charge on any atom is -0.494 e. The molecule has 1 fully saturated rings. The Labute approximate surface area is 152 Å². The maximum Gasteiger partial charge on any atom is 0.272 e. The van der Waals surface area contributed by atoms with Crippen LogP contribution in [0.3, 0.4) is 0 Å². The van der Waals surface area contributed by atoms with Gasteiger partial charge in [-0.3, -0.25) is 14.8 Å². The van der Waals surface area contributed by atoms with Gasteiger partial charge in [0.05, 0.1) is 7.11 Å². The Bertz CT molecular complexity index is 922. The van der Waals surface area contributed by atoms with E-state index in [1.165, 1.54) is 0 Å². The van der Waals surface area contributed by atoms with Crippen molar-refractivity contribution in [3.8, 4) is 5.75 Å². The Morgan fingerprint density at radius 1 is 0.962 bits per heavy atom. The van der Waals surface area contributed by atoms with Crippen LogP contribution < -0.4 is 9.64 Å². The highest BCUT2D eigenvalue weighted by Crippen LogP contribution is 2.31. The van der Waals surface area contributed by atoms with Gasteiger partial charge < -0.3 is 14.5 Å². The molecule has 0 atom stereocenters. The predicted octanol–water partition coefficient (Wildman–Crippen LogP) is 2.60. The first kappa shape index (κ1) is 16.3. The molecule has 0 spiro atoms. The number of benzene rings is 1. The maximum absolute atomic E-state index is 12.6. The maximum atomic E-state index is 12.6. The molecule has 4 rings (SSSR count). The number of carbonyl (C=O) groups excluding carboxylic acids is 1. The number of piperazine rings is 1. The quantitative estimate of drug-likeness (QED) is 0.728. The summed E-state index contributed by atoms with van der Waals surface area (Å²) in [6, 6.07) is 13.4. The standard InChI is InChI=1S/C20H20N4O2/c1-26-18-7-4-5-15-17(8-10-22-19(15)18)23-11-13-24(14-12-23)20(25)16-6-2-3-9-21-16/h2-10H,11-14H2,1H3. The van der Waals surface area contributed by atoms with Crippen LogP contribution in [0, 0.1) is 0 Å². The van der Waals surface area contributed by atoms with E-state index in [1.807, 2.05) is 41.4 Å². The Morgan fingerprint density at radius 2 is 1.81 bits per heavy atom. The smallest absolute Gasteiger partial charge is 0.272 e. The van der Waals surface area contributed by atoms with Gasteiger partial charge in [0.15, 0.2) is 0 Å². The average molecular weight is 348 g/mol. The van der Waals surface area contributed by atoms with Crippen LogP contribution in [-0.4, -0.2) is 54.1 Å². The number of rotatable bonds is 3. The zero-order chi connectivity index (χ0) is 17.9. The zero-order valence-electron chi connectivity index (χ0n) is 14.6. The fraction of sp³-hybridized carbons (Fsp3) is 0.250. The zero-order valence-corrected chi connectivity index (χ0v) is 14.6. The Hall–Kier alpha value is -3.15. The summed E-state index contributed by atoms with van der Waals surface area (Å²) < 4.78 is 5.43. The molecule has 26 heavy (non-hydrogen) atoms. The first-order valence-corrected chi connectivity index (χ1v) is 8.65. The van der Waals surface area contributed by atoms with Crippen molar-refractivity contribution in [2.24, 2.45) is 0 Å². The van der Waals surface area contributed by atoms with E-state index in [0.717, 1.165) is 35.4 Å². The van der Waals surface area contributed by atoms with Gasteiger partial charge in [-0.1, -0.05) is 18.2 Å². The first-order chi connectivity index (χ1) is 12.8. The number of pyridine rings is 2. The number of ether oxygens (including phenoxy) is 1. The molecule has 1 aromatic carbocycles. The van der Waals surface area contributed by atoms with Crippen molar-refractivity contribution in [3.05, 3.63) is 60.6 Å². The lowest BCUT2D eigenvalue weighted by Crippen LogP contribution is -2.49. The fourth-order valence-electron chi connectivity index (χ4n) is 3.38. The summed E-state index contributed by atoms with van der Waals surface area (Å²) in [7, 11) is 1.66. The van der Waals surface area contributed by atoms with E-state index >= 15 is 0 Å². The molecule has 2 aromatic heterocycles. The van der Waals surface area contributed by atoms with E-state index < -0.39 is 0 Å². The highest BCUT2D eigenvalue weighted by molar-refractivity contribution is 5.95. The summed E-state index contributed by atoms with van der Waals surface area (Å²) in [4.78, 5) is 25.3. The van der Waals surface area contributed by atoms with Crippen LogP contribution in [0.1, 0.15) is 10.5 Å². The van der Waals surface area contributed by atoms with Crippen LogP contribution >= 0.6 is 0 Å². The summed E-state index contributed by atoms with van der Waals surface area (Å²) in [5.74, 6) is 0.764. The lowest BCUT2D eigenvalue weighted by molar-refractivity contribution is 0.0741. The van der Waals surface area contributed by atoms with Gasteiger partial charge in [-0.25, -0.2) is 0 Å². The van der Waals surface area contributed by atoms with E-state index in [1.54, 1.807) is 19.4 Å². The highest BCUT2D eigenvalue weighted by atomic mass is 16.5. The molecule has 6 nitrogen and oxygen atoms in total. The summed E-state index contributed by atoms with van der Waals surface area (Å²) in [5.41, 5.74) is 2.48. The molecule has 0 saturated carbocycles. The van der Waals surface area contributed by atoms with Crippen LogP contribution in [0.25, 0.3) is 10.9 Å². The third kappa shape index (κ3) is 2.94. The monoisotopic (exact) mass is 348 g/mol. The number of hydrogen-bond donors (Lipinski definition) is 0. The number of amides is 1. The lowest BCUT2D eigenvalue weighted by atomic mass is 10.1. The summed E-state index contributed by atoms with van der Waals surface area (Å²) in [5, 5.41) is 1.07. The lowest BCUT2D eigenvalue weighted by Gasteiger charge is -2.36. The Morgan fingerprint density at radius 3 is 2.54 bits per heavy atom. The predicted molar refractivity (Wildman–Crippen MR) is 101 cm³/mol. The normalized spacial score (nSPS) is 14.5. The van der Waals surface area contributed by atoms with Crippen molar-refractivity contribution >= 4 is 22.5 Å². The van der Waals surface area contributed by atoms with Gasteiger partial charge in [-0.2, -0.15) is 0 Å². The van der Waals surface area contributed by atoms with E-state index in [9.17, 15) is 4.79 Å². The van der Waals surface area contributed by atoms with Gasteiger partial charge in [0.2, 0.25) is 0 Å². The summed E-state index contributed by atoms with van der Waals surface area (Å²) in [6.07, 6.45) is 3.46. The molecular formula is C20H20N4O2. The molecule has 0 N–H and O–H groups in total. The van der Waals surface area contributed by atoms with Crippen molar-refractivity contribution in [2.45, 2.75) is 0 Å². The second kappa shape index (κ2) is 7.00. The fourth-order valence-corrected chi connectivity index (χ4v) is 3.38. The second-order valence-electron chi connectivity index (χ2n) is 6.18. The van der Waals surface area contributed by atoms with Crippen molar-refractivity contribution in [2.75, 3.05) is 38.2 Å². The number of nitrogens with zero attached hydrogens (tertiary/aromatic N) is 4. The Balaban J connectivity index is 1.54. The van der Waals surface area contributed by atoms with Crippen molar-refractivity contribution in [1.82, 2.24) is 14.9 Å². The molecule has 0 bridgehead atoms. The van der Waals surface area contributed by atoms with Crippen LogP contribution in [0.4, 0.5) is 5.69 Å². The van der Waals surface area contributed by atoms with Gasteiger partial charge in [-0.05, 0) is 24.3 Å². The number of carbonyl (C=O) groups is 1. The summed E-state index contributed by atoms with van der Waals surface area (Å²) >= 11 is 0. The number of fused-ring (bicyclic) bond motifs is 1. The van der Waals surface area contributed by atoms with E-state index in [-0.39, 0.29) is 5.91 Å². The van der Waals surface area contributed by atoms with Gasteiger partial charge in [0, 0.05) is 49.6 Å². The van der Waals surface area contributed by atoms with Crippen molar-refractivity contribution in [1.29, 1.82) is 0 Å². The van der Waals surface area contributed by atoms with E-state index in [0.29, 0.717) is 18.8 Å². The number of para-hydroxylation sites is 1. The van der Waals surface area contributed by atoms with Crippen LogP contribution in [-0.2, 0) is 0 Å². The van der Waals surface area contributed by atoms with Gasteiger partial charge in [-0.15, -0.1) is 0 Å². The summed E-state index contributed by atoms with van der Waals surface area (Å²) in [6.45, 7) is 2.89. The average Bonchev–Trinajstić information content (AvgIpc) is 2.73. The minimum absolute atomic E-state index is 0.00787. The molecule has 1 aliphatic rings. The molecule has 3 aromatic rings. The number of aromatic nitrogens is 2. The molecule has 0 unspecified atom stereocenters. The number of methoxy groups -OCH3 is 1. The van der Waals surface area contributed by atoms with Gasteiger partial charge in [0.1, 0.15) is 17.0 Å².